The Morgan fingerprint density at radius 2 is 1.47 bits per heavy atom. The van der Waals surface area contributed by atoms with Gasteiger partial charge in [0.2, 0.25) is 5.95 Å². The molecule has 0 aliphatic carbocycles. The third-order valence-corrected chi connectivity index (χ3v) is 8.94. The average Bonchev–Trinajstić information content (AvgIpc) is 3.05. The summed E-state index contributed by atoms with van der Waals surface area (Å²) in [5, 5.41) is 11.8. The average molecular weight is 931 g/mol. The third kappa shape index (κ3) is 24.5. The fraction of sp³-hybridized carbons (Fsp3) is 0.629. The van der Waals surface area contributed by atoms with Crippen molar-refractivity contribution in [3.05, 3.63) is 51.6 Å². The predicted octanol–water partition coefficient (Wildman–Crippen LogP) is 0.914. The molecule has 4 rings (SSSR count). The monoisotopic (exact) mass is 928 g/mol. The van der Waals surface area contributed by atoms with Crippen LogP contribution in [0, 0.1) is 23.7 Å². The Morgan fingerprint density at radius 3 is 1.87 bits per heavy atom. The van der Waals surface area contributed by atoms with Crippen molar-refractivity contribution < 1.29 is 144 Å². The van der Waals surface area contributed by atoms with Crippen molar-refractivity contribution in [3.63, 3.8) is 0 Å². The summed E-state index contributed by atoms with van der Waals surface area (Å²) in [4.78, 5) is 46.5. The van der Waals surface area contributed by atoms with Gasteiger partial charge >= 0.3 is 115 Å². The second kappa shape index (κ2) is 28.6. The first-order valence-corrected chi connectivity index (χ1v) is 18.4. The van der Waals surface area contributed by atoms with Gasteiger partial charge in [0.25, 0.3) is 6.47 Å². The van der Waals surface area contributed by atoms with Crippen LogP contribution in [-0.2, 0) is 19.2 Å². The number of anilines is 1. The molecular weight excluding hydrogens is 873 g/mol. The van der Waals surface area contributed by atoms with E-state index in [1.54, 1.807) is 23.2 Å². The Kier molecular flexibility index (Phi) is 29.8. The molecule has 4 heterocycles. The van der Waals surface area contributed by atoms with E-state index in [9.17, 15) is 14.0 Å². The van der Waals surface area contributed by atoms with Gasteiger partial charge in [-0.05, 0) is 142 Å². The number of ether oxygens (including phenoxy) is 2. The number of hydrogen-bond donors (Lipinski definition) is 2. The first kappa shape index (κ1) is 55.3. The summed E-state index contributed by atoms with van der Waals surface area (Å²) in [5.41, 5.74) is 5.01. The molecule has 1 unspecified atom stereocenters. The smallest absolute Gasteiger partial charge is 1.00 e. The molecule has 2 aromatic heterocycles. The Balaban J connectivity index is -0.000000354. The molecule has 0 bridgehead atoms. The molecule has 2 aliphatic rings. The van der Waals surface area contributed by atoms with Crippen molar-refractivity contribution in [1.29, 1.82) is 0 Å². The maximum Gasteiger partial charge on any atom is 1.00 e. The molecule has 18 heteroatoms. The first-order chi connectivity index (χ1) is 23.8. The molecule has 53 heavy (non-hydrogen) atoms. The van der Waals surface area contributed by atoms with Gasteiger partial charge in [0.1, 0.15) is 17.0 Å². The number of hydrogen-bond acceptors (Lipinski definition) is 11. The molecule has 0 radical (unpaired) electrons. The van der Waals surface area contributed by atoms with Crippen LogP contribution in [0.15, 0.2) is 45.6 Å². The molecule has 2 fully saturated rings. The van der Waals surface area contributed by atoms with Gasteiger partial charge in [0, 0.05) is 52.6 Å². The summed E-state index contributed by atoms with van der Waals surface area (Å²) in [5.74, 6) is 1.88. The van der Waals surface area contributed by atoms with E-state index < -0.39 is 17.1 Å². The van der Waals surface area contributed by atoms with E-state index in [0.717, 1.165) is 62.3 Å². The summed E-state index contributed by atoms with van der Waals surface area (Å²) in [6.07, 6.45) is 5.71. The summed E-state index contributed by atoms with van der Waals surface area (Å²) in [6.45, 7) is 19.3. The van der Waals surface area contributed by atoms with Gasteiger partial charge in [-0.25, -0.2) is 19.6 Å². The van der Waals surface area contributed by atoms with Crippen LogP contribution in [0.5, 0.6) is 0 Å². The van der Waals surface area contributed by atoms with Gasteiger partial charge in [0.05, 0.1) is 8.95 Å². The number of halogens is 3. The standard InChI is InChI=1S/C17H26BrN3O2.C12H24N2O2.C5H3BrFN.CH2O3.2K.H2.H/c1-12-11-21(16(22)23-17(2,3)4)9-7-13(12)10-20-15-14(18)6-5-8-19-15;1-9(13)10-5-7-14(8-6-10)11(15)16-12(2,3)4;6-4-2-1-3-8-5(4)7;2-1-4-3;;;;/h5-6,8,12-13H,7,9-11H2,1-4H3,(H,19,20);9-10H,5-8,13H2,1-4H3;1-3H;1,3H;;;1H;/q;;;;2*+1;;-1/p-1/t12-,13?;9-;;;;;;/m11....../s1. The van der Waals surface area contributed by atoms with Crippen LogP contribution < -0.4 is 119 Å². The van der Waals surface area contributed by atoms with Gasteiger partial charge < -0.3 is 41.9 Å². The predicted molar refractivity (Wildman–Crippen MR) is 202 cm³/mol. The van der Waals surface area contributed by atoms with Crippen LogP contribution in [0.1, 0.15) is 77.5 Å². The Labute approximate surface area is 419 Å². The zero-order valence-electron chi connectivity index (χ0n) is 33.9. The van der Waals surface area contributed by atoms with Crippen LogP contribution >= 0.6 is 31.9 Å². The zero-order chi connectivity index (χ0) is 38.8. The number of carbonyl (C=O) groups excluding carboxylic acids is 3. The maximum absolute atomic E-state index is 12.2. The number of carbonyl (C=O) groups is 3. The SMILES string of the molecule is C[C@@H](N)C1CCN(C(=O)OC(C)(C)C)CC1.C[C@@H]1CN(C(=O)OC(C)(C)C)CCC1CNc1ncccc1Br.Fc1ncccc1Br.O=CO[O-].[H-].[HH].[K+].[K+]. The minimum Gasteiger partial charge on any atom is -1.00 e. The van der Waals surface area contributed by atoms with Crippen molar-refractivity contribution in [2.45, 2.75) is 91.9 Å². The number of nitrogens with two attached hydrogens (primary N) is 1. The summed E-state index contributed by atoms with van der Waals surface area (Å²) < 4.78 is 24.3. The van der Waals surface area contributed by atoms with E-state index in [1.165, 1.54) is 6.20 Å². The quantitative estimate of drug-likeness (QED) is 0.144. The topological polar surface area (TPSA) is 172 Å². The molecule has 3 N–H and O–H groups in total. The fourth-order valence-corrected chi connectivity index (χ4v) is 5.68. The molecular formula is C35H57Br2FK2N6O7. The van der Waals surface area contributed by atoms with E-state index in [2.05, 4.69) is 59.0 Å². The first-order valence-electron chi connectivity index (χ1n) is 16.8. The molecule has 0 spiro atoms. The Hall–Kier alpha value is 0.193. The normalized spacial score (nSPS) is 17.5. The summed E-state index contributed by atoms with van der Waals surface area (Å²) >= 11 is 6.46. The molecule has 2 aliphatic heterocycles. The fourth-order valence-electron chi connectivity index (χ4n) is 5.03. The molecule has 0 aromatic carbocycles. The molecule has 292 valence electrons. The molecule has 2 aromatic rings. The van der Waals surface area contributed by atoms with Gasteiger partial charge in [-0.2, -0.15) is 4.39 Å². The minimum absolute atomic E-state index is 0. The van der Waals surface area contributed by atoms with Gasteiger partial charge in [-0.15, -0.1) is 0 Å². The summed E-state index contributed by atoms with van der Waals surface area (Å²) in [7, 11) is 0. The Bertz CT molecular complexity index is 1340. The van der Waals surface area contributed by atoms with Crippen molar-refractivity contribution in [3.8, 4) is 0 Å². The van der Waals surface area contributed by atoms with Crippen LogP contribution in [-0.4, -0.2) is 88.4 Å². The number of amides is 2. The molecule has 2 amide bonds. The van der Waals surface area contributed by atoms with E-state index in [0.29, 0.717) is 22.2 Å². The van der Waals surface area contributed by atoms with E-state index in [-0.39, 0.29) is 130 Å². The number of aromatic nitrogens is 2. The largest absolute Gasteiger partial charge is 1.00 e. The van der Waals surface area contributed by atoms with Crippen LogP contribution in [0.25, 0.3) is 0 Å². The van der Waals surface area contributed by atoms with Crippen LogP contribution in [0.4, 0.5) is 19.8 Å². The molecule has 13 nitrogen and oxygen atoms in total. The number of rotatable bonds is 5. The number of piperidine rings is 2. The van der Waals surface area contributed by atoms with Gasteiger partial charge in [-0.1, -0.05) is 6.92 Å². The zero-order valence-corrected chi connectivity index (χ0v) is 42.3. The van der Waals surface area contributed by atoms with Gasteiger partial charge in [-0.3, -0.25) is 4.79 Å². The van der Waals surface area contributed by atoms with E-state index in [1.807, 2.05) is 65.5 Å². The van der Waals surface area contributed by atoms with E-state index in [4.69, 9.17) is 25.3 Å². The molecule has 0 saturated carbocycles. The number of pyridine rings is 2. The number of likely N-dealkylation sites (tertiary alicyclic amines) is 2. The second-order valence-corrected chi connectivity index (χ2v) is 16.0. The van der Waals surface area contributed by atoms with Crippen molar-refractivity contribution in [2.75, 3.05) is 38.0 Å². The second-order valence-electron chi connectivity index (χ2n) is 14.3. The van der Waals surface area contributed by atoms with Crippen LogP contribution in [0.3, 0.4) is 0 Å². The van der Waals surface area contributed by atoms with Crippen LogP contribution in [0.2, 0.25) is 0 Å². The third-order valence-electron chi connectivity index (χ3n) is 7.71. The Morgan fingerprint density at radius 1 is 1.00 bits per heavy atom. The summed E-state index contributed by atoms with van der Waals surface area (Å²) in [6, 6.07) is 7.36. The van der Waals surface area contributed by atoms with E-state index >= 15 is 0 Å². The molecule has 3 atom stereocenters. The molecule has 2 saturated heterocycles. The maximum atomic E-state index is 12.2. The van der Waals surface area contributed by atoms with Gasteiger partial charge in [0.15, 0.2) is 0 Å². The minimum atomic E-state index is -0.465. The van der Waals surface area contributed by atoms with Crippen molar-refractivity contribution in [2.24, 2.45) is 23.5 Å². The van der Waals surface area contributed by atoms with Crippen molar-refractivity contribution >= 4 is 56.3 Å². The number of nitrogens with zero attached hydrogens (tertiary/aromatic N) is 4. The van der Waals surface area contributed by atoms with Crippen molar-refractivity contribution in [1.82, 2.24) is 19.8 Å². The number of nitrogens with one attached hydrogen (secondary N) is 1.